The lowest BCUT2D eigenvalue weighted by molar-refractivity contribution is 0.0956. The van der Waals surface area contributed by atoms with E-state index in [9.17, 15) is 4.79 Å². The summed E-state index contributed by atoms with van der Waals surface area (Å²) in [5.41, 5.74) is 3.42. The van der Waals surface area contributed by atoms with Gasteiger partial charge in [0.2, 0.25) is 0 Å². The minimum atomic E-state index is -0.0920. The van der Waals surface area contributed by atoms with E-state index in [2.05, 4.69) is 22.5 Å². The second kappa shape index (κ2) is 6.92. The molecule has 0 fully saturated rings. The molecule has 3 rings (SSSR count). The van der Waals surface area contributed by atoms with E-state index in [1.807, 2.05) is 66.3 Å². The van der Waals surface area contributed by atoms with Crippen molar-refractivity contribution < 1.29 is 4.79 Å². The Bertz CT molecular complexity index is 779. The minimum Gasteiger partial charge on any atom is -0.352 e. The van der Waals surface area contributed by atoms with Crippen molar-refractivity contribution in [3.8, 4) is 11.3 Å². The van der Waals surface area contributed by atoms with Crippen LogP contribution in [0.2, 0.25) is 0 Å². The van der Waals surface area contributed by atoms with E-state index in [0.29, 0.717) is 24.3 Å². The van der Waals surface area contributed by atoms with E-state index in [1.54, 1.807) is 0 Å². The summed E-state index contributed by atoms with van der Waals surface area (Å²) >= 11 is 0. The fourth-order valence-electron chi connectivity index (χ4n) is 2.50. The summed E-state index contributed by atoms with van der Waals surface area (Å²) < 4.78 is 1.82. The SMILES string of the molecule is CCNC(=O)c1cn(Cc2ccccc2)nc1-c1ccccc1. The van der Waals surface area contributed by atoms with Crippen LogP contribution in [0.1, 0.15) is 22.8 Å². The third-order valence-corrected chi connectivity index (χ3v) is 3.58. The summed E-state index contributed by atoms with van der Waals surface area (Å²) in [6.45, 7) is 3.14. The standard InChI is InChI=1S/C19H19N3O/c1-2-20-19(23)17-14-22(13-15-9-5-3-6-10-15)21-18(17)16-11-7-4-8-12-16/h3-12,14H,2,13H2,1H3,(H,20,23). The van der Waals surface area contributed by atoms with Gasteiger partial charge in [0.15, 0.2) is 0 Å². The van der Waals surface area contributed by atoms with Crippen molar-refractivity contribution in [3.05, 3.63) is 78.0 Å². The van der Waals surface area contributed by atoms with E-state index in [4.69, 9.17) is 0 Å². The molecule has 3 aromatic rings. The summed E-state index contributed by atoms with van der Waals surface area (Å²) in [7, 11) is 0. The van der Waals surface area contributed by atoms with E-state index in [1.165, 1.54) is 0 Å². The maximum atomic E-state index is 12.3. The zero-order valence-electron chi connectivity index (χ0n) is 13.1. The second-order valence-electron chi connectivity index (χ2n) is 5.30. The first-order valence-electron chi connectivity index (χ1n) is 7.73. The summed E-state index contributed by atoms with van der Waals surface area (Å²) in [5.74, 6) is -0.0920. The third kappa shape index (κ3) is 3.48. The Labute approximate surface area is 135 Å². The number of carbonyl (C=O) groups excluding carboxylic acids is 1. The van der Waals surface area contributed by atoms with Crippen molar-refractivity contribution >= 4 is 5.91 Å². The van der Waals surface area contributed by atoms with Crippen LogP contribution in [0.3, 0.4) is 0 Å². The Kier molecular flexibility index (Phi) is 4.52. The van der Waals surface area contributed by atoms with Crippen LogP contribution in [0.25, 0.3) is 11.3 Å². The van der Waals surface area contributed by atoms with Gasteiger partial charge in [0.1, 0.15) is 5.69 Å². The third-order valence-electron chi connectivity index (χ3n) is 3.58. The molecule has 1 heterocycles. The maximum absolute atomic E-state index is 12.3. The minimum absolute atomic E-state index is 0.0920. The number of nitrogens with one attached hydrogen (secondary N) is 1. The molecule has 0 aliphatic rings. The van der Waals surface area contributed by atoms with E-state index in [-0.39, 0.29) is 5.91 Å². The van der Waals surface area contributed by atoms with Crippen molar-refractivity contribution in [2.45, 2.75) is 13.5 Å². The predicted molar refractivity (Wildman–Crippen MR) is 91.2 cm³/mol. The number of carbonyl (C=O) groups is 1. The fourth-order valence-corrected chi connectivity index (χ4v) is 2.50. The molecule has 1 aromatic heterocycles. The first-order valence-corrected chi connectivity index (χ1v) is 7.73. The molecule has 0 radical (unpaired) electrons. The molecule has 4 nitrogen and oxygen atoms in total. The first kappa shape index (κ1) is 15.0. The number of nitrogens with zero attached hydrogens (tertiary/aromatic N) is 2. The number of benzene rings is 2. The molecule has 0 bridgehead atoms. The topological polar surface area (TPSA) is 46.9 Å². The van der Waals surface area contributed by atoms with Gasteiger partial charge in [-0.2, -0.15) is 5.10 Å². The van der Waals surface area contributed by atoms with Gasteiger partial charge in [0.05, 0.1) is 12.1 Å². The van der Waals surface area contributed by atoms with Crippen molar-refractivity contribution in [1.82, 2.24) is 15.1 Å². The average molecular weight is 305 g/mol. The Morgan fingerprint density at radius 3 is 2.35 bits per heavy atom. The Morgan fingerprint density at radius 2 is 1.70 bits per heavy atom. The highest BCUT2D eigenvalue weighted by Gasteiger charge is 2.17. The molecule has 0 spiro atoms. The lowest BCUT2D eigenvalue weighted by atomic mass is 10.1. The van der Waals surface area contributed by atoms with Crippen LogP contribution < -0.4 is 5.32 Å². The first-order chi connectivity index (χ1) is 11.3. The lowest BCUT2D eigenvalue weighted by Crippen LogP contribution is -2.22. The Hall–Kier alpha value is -2.88. The molecule has 4 heteroatoms. The molecule has 116 valence electrons. The Morgan fingerprint density at radius 1 is 1.04 bits per heavy atom. The zero-order chi connectivity index (χ0) is 16.1. The molecular formula is C19H19N3O. The van der Waals surface area contributed by atoms with Gasteiger partial charge >= 0.3 is 0 Å². The van der Waals surface area contributed by atoms with E-state index >= 15 is 0 Å². The van der Waals surface area contributed by atoms with Crippen LogP contribution in [0.15, 0.2) is 66.9 Å². The molecular weight excluding hydrogens is 286 g/mol. The highest BCUT2D eigenvalue weighted by Crippen LogP contribution is 2.22. The van der Waals surface area contributed by atoms with Gasteiger partial charge in [-0.05, 0) is 12.5 Å². The summed E-state index contributed by atoms with van der Waals surface area (Å²) in [5, 5.41) is 7.49. The number of hydrogen-bond donors (Lipinski definition) is 1. The Balaban J connectivity index is 1.98. The summed E-state index contributed by atoms with van der Waals surface area (Å²) in [4.78, 5) is 12.3. The van der Waals surface area contributed by atoms with E-state index in [0.717, 1.165) is 11.1 Å². The van der Waals surface area contributed by atoms with Crippen LogP contribution in [0.4, 0.5) is 0 Å². The lowest BCUT2D eigenvalue weighted by Gasteiger charge is -2.02. The molecule has 0 saturated carbocycles. The summed E-state index contributed by atoms with van der Waals surface area (Å²) in [6, 6.07) is 19.9. The number of aromatic nitrogens is 2. The molecule has 0 aliphatic carbocycles. The summed E-state index contributed by atoms with van der Waals surface area (Å²) in [6.07, 6.45) is 1.82. The number of rotatable bonds is 5. The van der Waals surface area contributed by atoms with E-state index < -0.39 is 0 Å². The average Bonchev–Trinajstić information content (AvgIpc) is 3.01. The van der Waals surface area contributed by atoms with Gasteiger partial charge in [-0.3, -0.25) is 9.48 Å². The number of hydrogen-bond acceptors (Lipinski definition) is 2. The van der Waals surface area contributed by atoms with Crippen LogP contribution in [0, 0.1) is 0 Å². The molecule has 1 N–H and O–H groups in total. The quantitative estimate of drug-likeness (QED) is 0.786. The molecule has 23 heavy (non-hydrogen) atoms. The highest BCUT2D eigenvalue weighted by molar-refractivity contribution is 5.99. The molecule has 2 aromatic carbocycles. The fraction of sp³-hybridized carbons (Fsp3) is 0.158. The van der Waals surface area contributed by atoms with Gasteiger partial charge in [-0.1, -0.05) is 60.7 Å². The maximum Gasteiger partial charge on any atom is 0.255 e. The molecule has 0 unspecified atom stereocenters. The molecule has 1 amide bonds. The predicted octanol–water partition coefficient (Wildman–Crippen LogP) is 3.35. The van der Waals surface area contributed by atoms with Gasteiger partial charge in [0.25, 0.3) is 5.91 Å². The molecule has 0 atom stereocenters. The van der Waals surface area contributed by atoms with Gasteiger partial charge < -0.3 is 5.32 Å². The zero-order valence-corrected chi connectivity index (χ0v) is 13.1. The van der Waals surface area contributed by atoms with Gasteiger partial charge in [-0.25, -0.2) is 0 Å². The smallest absolute Gasteiger partial charge is 0.255 e. The second-order valence-corrected chi connectivity index (χ2v) is 5.30. The van der Waals surface area contributed by atoms with Crippen LogP contribution in [-0.2, 0) is 6.54 Å². The van der Waals surface area contributed by atoms with Crippen molar-refractivity contribution in [2.75, 3.05) is 6.54 Å². The van der Waals surface area contributed by atoms with Crippen molar-refractivity contribution in [3.63, 3.8) is 0 Å². The van der Waals surface area contributed by atoms with Gasteiger partial charge in [-0.15, -0.1) is 0 Å². The number of amides is 1. The van der Waals surface area contributed by atoms with Gasteiger partial charge in [0, 0.05) is 18.3 Å². The largest absolute Gasteiger partial charge is 0.352 e. The van der Waals surface area contributed by atoms with Crippen LogP contribution in [-0.4, -0.2) is 22.2 Å². The highest BCUT2D eigenvalue weighted by atomic mass is 16.1. The molecule has 0 aliphatic heterocycles. The monoisotopic (exact) mass is 305 g/mol. The molecule has 0 saturated heterocycles. The normalized spacial score (nSPS) is 10.5. The van der Waals surface area contributed by atoms with Crippen molar-refractivity contribution in [2.24, 2.45) is 0 Å². The van der Waals surface area contributed by atoms with Crippen molar-refractivity contribution in [1.29, 1.82) is 0 Å². The van der Waals surface area contributed by atoms with Crippen LogP contribution in [0.5, 0.6) is 0 Å². The van der Waals surface area contributed by atoms with Crippen LogP contribution >= 0.6 is 0 Å².